The predicted molar refractivity (Wildman–Crippen MR) is 83.1 cm³/mol. The van der Waals surface area contributed by atoms with Gasteiger partial charge in [-0.25, -0.2) is 0 Å². The van der Waals surface area contributed by atoms with E-state index in [1.807, 2.05) is 4.90 Å². The Kier molecular flexibility index (Phi) is 5.75. The maximum absolute atomic E-state index is 12.2. The molecule has 1 aliphatic heterocycles. The van der Waals surface area contributed by atoms with E-state index in [1.165, 1.54) is 0 Å². The summed E-state index contributed by atoms with van der Waals surface area (Å²) < 4.78 is 0. The van der Waals surface area contributed by atoms with Gasteiger partial charge in [0.25, 0.3) is 5.91 Å². The quantitative estimate of drug-likeness (QED) is 0.786. The van der Waals surface area contributed by atoms with Crippen LogP contribution in [0.3, 0.4) is 0 Å². The van der Waals surface area contributed by atoms with Gasteiger partial charge in [-0.05, 0) is 56.5 Å². The number of amides is 2. The van der Waals surface area contributed by atoms with Gasteiger partial charge in [0.05, 0.1) is 0 Å². The summed E-state index contributed by atoms with van der Waals surface area (Å²) in [6.07, 6.45) is 4.31. The molecule has 5 heteroatoms. The lowest BCUT2D eigenvalue weighted by atomic mass is 10.1. The second kappa shape index (κ2) is 7.78. The van der Waals surface area contributed by atoms with Crippen molar-refractivity contribution in [3.05, 3.63) is 29.8 Å². The Morgan fingerprint density at radius 3 is 2.38 bits per heavy atom. The molecule has 2 amide bonds. The number of rotatable bonds is 6. The summed E-state index contributed by atoms with van der Waals surface area (Å²) in [6, 6.07) is 7.11. The van der Waals surface area contributed by atoms with Gasteiger partial charge in [0.1, 0.15) is 0 Å². The van der Waals surface area contributed by atoms with E-state index in [2.05, 4.69) is 5.32 Å². The second-order valence-corrected chi connectivity index (χ2v) is 5.37. The molecule has 1 aromatic carbocycles. The van der Waals surface area contributed by atoms with E-state index in [0.717, 1.165) is 44.5 Å². The van der Waals surface area contributed by atoms with Crippen LogP contribution in [-0.2, 0) is 4.79 Å². The first kappa shape index (κ1) is 15.5. The first-order valence-electron chi connectivity index (χ1n) is 7.60. The molecule has 1 aromatic rings. The monoisotopic (exact) mass is 289 g/mol. The van der Waals surface area contributed by atoms with Crippen molar-refractivity contribution in [1.29, 1.82) is 0 Å². The maximum atomic E-state index is 12.2. The number of anilines is 1. The Morgan fingerprint density at radius 2 is 1.76 bits per heavy atom. The number of likely N-dealkylation sites (tertiary alicyclic amines) is 1. The number of unbranched alkanes of at least 4 members (excludes halogenated alkanes) is 1. The fourth-order valence-electron chi connectivity index (χ4n) is 2.45. The Labute approximate surface area is 125 Å². The standard InChI is InChI=1S/C16H23N3O2/c17-10-2-1-5-15(20)18-14-8-6-13(7-9-14)16(21)19-11-3-4-12-19/h6-9H,1-5,10-12,17H2,(H,18,20). The molecule has 0 spiro atoms. The van der Waals surface area contributed by atoms with Crippen LogP contribution in [0, 0.1) is 0 Å². The topological polar surface area (TPSA) is 75.4 Å². The van der Waals surface area contributed by atoms with Crippen molar-refractivity contribution in [3.63, 3.8) is 0 Å². The largest absolute Gasteiger partial charge is 0.339 e. The number of carbonyl (C=O) groups excluding carboxylic acids is 2. The summed E-state index contributed by atoms with van der Waals surface area (Å²) in [5, 5.41) is 2.83. The van der Waals surface area contributed by atoms with E-state index in [9.17, 15) is 9.59 Å². The molecule has 1 heterocycles. The van der Waals surface area contributed by atoms with Gasteiger partial charge in [-0.3, -0.25) is 9.59 Å². The van der Waals surface area contributed by atoms with Gasteiger partial charge in [0.2, 0.25) is 5.91 Å². The van der Waals surface area contributed by atoms with Crippen molar-refractivity contribution in [1.82, 2.24) is 4.90 Å². The molecule has 0 aliphatic carbocycles. The second-order valence-electron chi connectivity index (χ2n) is 5.37. The Bertz CT molecular complexity index is 479. The minimum atomic E-state index is -0.0120. The van der Waals surface area contributed by atoms with E-state index >= 15 is 0 Å². The summed E-state index contributed by atoms with van der Waals surface area (Å²) in [5.74, 6) is 0.0652. The Hall–Kier alpha value is -1.88. The molecular weight excluding hydrogens is 266 g/mol. The molecule has 2 rings (SSSR count). The van der Waals surface area contributed by atoms with Gasteiger partial charge in [-0.1, -0.05) is 0 Å². The fraction of sp³-hybridized carbons (Fsp3) is 0.500. The average molecular weight is 289 g/mol. The zero-order chi connectivity index (χ0) is 15.1. The third kappa shape index (κ3) is 4.56. The number of benzene rings is 1. The van der Waals surface area contributed by atoms with Crippen LogP contribution < -0.4 is 11.1 Å². The van der Waals surface area contributed by atoms with E-state index in [0.29, 0.717) is 18.5 Å². The van der Waals surface area contributed by atoms with E-state index in [1.54, 1.807) is 24.3 Å². The zero-order valence-electron chi connectivity index (χ0n) is 12.3. The van der Waals surface area contributed by atoms with Crippen molar-refractivity contribution in [3.8, 4) is 0 Å². The summed E-state index contributed by atoms with van der Waals surface area (Å²) >= 11 is 0. The number of nitrogens with one attached hydrogen (secondary N) is 1. The van der Waals surface area contributed by atoms with Crippen LogP contribution in [0.25, 0.3) is 0 Å². The van der Waals surface area contributed by atoms with Crippen LogP contribution in [0.1, 0.15) is 42.5 Å². The molecule has 0 saturated carbocycles. The van der Waals surface area contributed by atoms with E-state index < -0.39 is 0 Å². The lowest BCUT2D eigenvalue weighted by molar-refractivity contribution is -0.116. The van der Waals surface area contributed by atoms with Crippen molar-refractivity contribution in [2.45, 2.75) is 32.1 Å². The van der Waals surface area contributed by atoms with Crippen molar-refractivity contribution in [2.24, 2.45) is 5.73 Å². The van der Waals surface area contributed by atoms with Crippen molar-refractivity contribution >= 4 is 17.5 Å². The smallest absolute Gasteiger partial charge is 0.253 e. The Balaban J connectivity index is 1.86. The van der Waals surface area contributed by atoms with Crippen LogP contribution in [0.5, 0.6) is 0 Å². The summed E-state index contributed by atoms with van der Waals surface area (Å²) in [7, 11) is 0. The van der Waals surface area contributed by atoms with Crippen LogP contribution in [-0.4, -0.2) is 36.3 Å². The van der Waals surface area contributed by atoms with Crippen LogP contribution >= 0.6 is 0 Å². The van der Waals surface area contributed by atoms with Crippen LogP contribution in [0.4, 0.5) is 5.69 Å². The molecule has 114 valence electrons. The van der Waals surface area contributed by atoms with Gasteiger partial charge < -0.3 is 16.0 Å². The van der Waals surface area contributed by atoms with Gasteiger partial charge >= 0.3 is 0 Å². The number of carbonyl (C=O) groups is 2. The molecule has 0 radical (unpaired) electrons. The first-order chi connectivity index (χ1) is 10.2. The van der Waals surface area contributed by atoms with Crippen molar-refractivity contribution < 1.29 is 9.59 Å². The minimum absolute atomic E-state index is 0.0120. The number of nitrogens with zero attached hydrogens (tertiary/aromatic N) is 1. The highest BCUT2D eigenvalue weighted by Crippen LogP contribution is 2.15. The summed E-state index contributed by atoms with van der Waals surface area (Å²) in [4.78, 5) is 25.7. The predicted octanol–water partition coefficient (Wildman–Crippen LogP) is 1.99. The van der Waals surface area contributed by atoms with Crippen LogP contribution in [0.15, 0.2) is 24.3 Å². The molecule has 0 unspecified atom stereocenters. The molecule has 21 heavy (non-hydrogen) atoms. The zero-order valence-corrected chi connectivity index (χ0v) is 12.3. The third-order valence-electron chi connectivity index (χ3n) is 3.67. The molecule has 0 bridgehead atoms. The lowest BCUT2D eigenvalue weighted by Crippen LogP contribution is -2.27. The Morgan fingerprint density at radius 1 is 1.10 bits per heavy atom. The maximum Gasteiger partial charge on any atom is 0.253 e. The van der Waals surface area contributed by atoms with E-state index in [-0.39, 0.29) is 11.8 Å². The molecule has 1 fully saturated rings. The van der Waals surface area contributed by atoms with E-state index in [4.69, 9.17) is 5.73 Å². The normalized spacial score (nSPS) is 14.2. The highest BCUT2D eigenvalue weighted by molar-refractivity contribution is 5.95. The highest BCUT2D eigenvalue weighted by atomic mass is 16.2. The molecule has 1 aliphatic rings. The number of hydrogen-bond donors (Lipinski definition) is 2. The molecule has 1 saturated heterocycles. The molecule has 3 N–H and O–H groups in total. The van der Waals surface area contributed by atoms with Gasteiger partial charge in [0.15, 0.2) is 0 Å². The average Bonchev–Trinajstić information content (AvgIpc) is 3.02. The first-order valence-corrected chi connectivity index (χ1v) is 7.60. The highest BCUT2D eigenvalue weighted by Gasteiger charge is 2.19. The van der Waals surface area contributed by atoms with Gasteiger partial charge in [0, 0.05) is 30.8 Å². The van der Waals surface area contributed by atoms with Gasteiger partial charge in [-0.15, -0.1) is 0 Å². The van der Waals surface area contributed by atoms with Crippen molar-refractivity contribution in [2.75, 3.05) is 25.0 Å². The van der Waals surface area contributed by atoms with Crippen LogP contribution in [0.2, 0.25) is 0 Å². The molecule has 5 nitrogen and oxygen atoms in total. The minimum Gasteiger partial charge on any atom is -0.339 e. The lowest BCUT2D eigenvalue weighted by Gasteiger charge is -2.15. The SMILES string of the molecule is NCCCCC(=O)Nc1ccc(C(=O)N2CCCC2)cc1. The number of nitrogens with two attached hydrogens (primary N) is 1. The molecule has 0 atom stereocenters. The summed E-state index contributed by atoms with van der Waals surface area (Å²) in [6.45, 7) is 2.30. The number of hydrogen-bond acceptors (Lipinski definition) is 3. The third-order valence-corrected chi connectivity index (χ3v) is 3.67. The van der Waals surface area contributed by atoms with Gasteiger partial charge in [-0.2, -0.15) is 0 Å². The summed E-state index contributed by atoms with van der Waals surface area (Å²) in [5.41, 5.74) is 6.80. The molecule has 0 aromatic heterocycles. The molecular formula is C16H23N3O2. The fourth-order valence-corrected chi connectivity index (χ4v) is 2.45.